The molecule has 0 aliphatic heterocycles. The Morgan fingerprint density at radius 3 is 2.68 bits per heavy atom. The molecule has 1 N–H and O–H groups in total. The summed E-state index contributed by atoms with van der Waals surface area (Å²) in [5.74, 6) is -0.643. The van der Waals surface area contributed by atoms with Crippen molar-refractivity contribution in [3.63, 3.8) is 0 Å². The Morgan fingerprint density at radius 2 is 1.86 bits per heavy atom. The van der Waals surface area contributed by atoms with E-state index in [1.165, 1.54) is 12.1 Å². The normalized spacial score (nSPS) is 10.7. The number of rotatable bonds is 2. The fourth-order valence-electron chi connectivity index (χ4n) is 2.29. The Balaban J connectivity index is 1.92. The highest BCUT2D eigenvalue weighted by Crippen LogP contribution is 2.19. The molecule has 0 saturated carbocycles. The number of nitrogens with one attached hydrogen (secondary N) is 1. The molecule has 1 aromatic heterocycles. The highest BCUT2D eigenvalue weighted by Gasteiger charge is 2.09. The molecule has 4 heteroatoms. The lowest BCUT2D eigenvalue weighted by Crippen LogP contribution is -2.13. The van der Waals surface area contributed by atoms with E-state index in [1.807, 2.05) is 32.0 Å². The molecule has 3 nitrogen and oxygen atoms in total. The minimum absolute atomic E-state index is 0.267. The van der Waals surface area contributed by atoms with Crippen LogP contribution in [-0.2, 0) is 0 Å². The third kappa shape index (κ3) is 2.81. The van der Waals surface area contributed by atoms with Gasteiger partial charge >= 0.3 is 0 Å². The van der Waals surface area contributed by atoms with E-state index in [4.69, 9.17) is 0 Å². The Hall–Kier alpha value is -2.75. The van der Waals surface area contributed by atoms with Crippen molar-refractivity contribution in [2.45, 2.75) is 13.8 Å². The molecule has 0 aliphatic carbocycles. The van der Waals surface area contributed by atoms with Crippen molar-refractivity contribution >= 4 is 22.5 Å². The van der Waals surface area contributed by atoms with Crippen LogP contribution in [0.3, 0.4) is 0 Å². The van der Waals surface area contributed by atoms with E-state index in [2.05, 4.69) is 10.3 Å². The summed E-state index contributed by atoms with van der Waals surface area (Å²) in [7, 11) is 0. The Kier molecular flexibility index (Phi) is 3.59. The topological polar surface area (TPSA) is 42.0 Å². The maximum absolute atomic E-state index is 13.3. The SMILES string of the molecule is Cc1ccc2cc(C(=O)Nc3cc(F)ccc3C)ccc2n1. The van der Waals surface area contributed by atoms with Crippen molar-refractivity contribution < 1.29 is 9.18 Å². The fourth-order valence-corrected chi connectivity index (χ4v) is 2.29. The van der Waals surface area contributed by atoms with E-state index < -0.39 is 0 Å². The van der Waals surface area contributed by atoms with Gasteiger partial charge in [0.2, 0.25) is 0 Å². The number of aryl methyl sites for hydroxylation is 2. The van der Waals surface area contributed by atoms with Gasteiger partial charge in [0, 0.05) is 22.3 Å². The maximum atomic E-state index is 13.3. The summed E-state index contributed by atoms with van der Waals surface area (Å²) < 4.78 is 13.3. The summed E-state index contributed by atoms with van der Waals surface area (Å²) in [6.07, 6.45) is 0. The number of benzene rings is 2. The van der Waals surface area contributed by atoms with E-state index in [0.29, 0.717) is 11.3 Å². The molecule has 3 rings (SSSR count). The molecule has 0 spiro atoms. The minimum atomic E-state index is -0.376. The highest BCUT2D eigenvalue weighted by molar-refractivity contribution is 6.06. The average molecular weight is 294 g/mol. The number of hydrogen-bond acceptors (Lipinski definition) is 2. The van der Waals surface area contributed by atoms with Crippen LogP contribution in [0.15, 0.2) is 48.5 Å². The van der Waals surface area contributed by atoms with Crippen LogP contribution in [0.2, 0.25) is 0 Å². The zero-order valence-electron chi connectivity index (χ0n) is 12.4. The first-order valence-electron chi connectivity index (χ1n) is 6.98. The average Bonchev–Trinajstić information content (AvgIpc) is 2.50. The van der Waals surface area contributed by atoms with E-state index in [0.717, 1.165) is 22.2 Å². The number of fused-ring (bicyclic) bond motifs is 1. The predicted molar refractivity (Wildman–Crippen MR) is 85.6 cm³/mol. The van der Waals surface area contributed by atoms with Crippen LogP contribution in [0.4, 0.5) is 10.1 Å². The van der Waals surface area contributed by atoms with Crippen molar-refractivity contribution in [3.8, 4) is 0 Å². The van der Waals surface area contributed by atoms with Gasteiger partial charge in [0.25, 0.3) is 5.91 Å². The van der Waals surface area contributed by atoms with Crippen LogP contribution in [0.5, 0.6) is 0 Å². The van der Waals surface area contributed by atoms with Crippen LogP contribution in [-0.4, -0.2) is 10.9 Å². The van der Waals surface area contributed by atoms with Crippen LogP contribution < -0.4 is 5.32 Å². The molecule has 0 bridgehead atoms. The van der Waals surface area contributed by atoms with Gasteiger partial charge < -0.3 is 5.32 Å². The zero-order valence-corrected chi connectivity index (χ0v) is 12.4. The lowest BCUT2D eigenvalue weighted by Gasteiger charge is -2.09. The largest absolute Gasteiger partial charge is 0.322 e. The predicted octanol–water partition coefficient (Wildman–Crippen LogP) is 4.24. The fraction of sp³-hybridized carbons (Fsp3) is 0.111. The Bertz CT molecular complexity index is 874. The molecule has 3 aromatic rings. The molecule has 2 aromatic carbocycles. The number of anilines is 1. The minimum Gasteiger partial charge on any atom is -0.322 e. The molecule has 1 heterocycles. The van der Waals surface area contributed by atoms with E-state index in [1.54, 1.807) is 18.2 Å². The lowest BCUT2D eigenvalue weighted by molar-refractivity contribution is 0.102. The third-order valence-electron chi connectivity index (χ3n) is 3.54. The second kappa shape index (κ2) is 5.56. The van der Waals surface area contributed by atoms with Gasteiger partial charge in [-0.2, -0.15) is 0 Å². The molecule has 22 heavy (non-hydrogen) atoms. The van der Waals surface area contributed by atoms with Gasteiger partial charge in [0.05, 0.1) is 5.52 Å². The van der Waals surface area contributed by atoms with Gasteiger partial charge in [-0.3, -0.25) is 9.78 Å². The number of pyridine rings is 1. The van der Waals surface area contributed by atoms with E-state index >= 15 is 0 Å². The number of carbonyl (C=O) groups excluding carboxylic acids is 1. The van der Waals surface area contributed by atoms with Crippen LogP contribution in [0.25, 0.3) is 10.9 Å². The van der Waals surface area contributed by atoms with Gasteiger partial charge in [-0.15, -0.1) is 0 Å². The van der Waals surface area contributed by atoms with Gasteiger partial charge in [-0.1, -0.05) is 12.1 Å². The molecule has 0 atom stereocenters. The second-order valence-electron chi connectivity index (χ2n) is 5.27. The molecule has 0 fully saturated rings. The quantitative estimate of drug-likeness (QED) is 0.768. The molecule has 0 saturated heterocycles. The van der Waals surface area contributed by atoms with Crippen molar-refractivity contribution in [2.75, 3.05) is 5.32 Å². The van der Waals surface area contributed by atoms with Gasteiger partial charge in [0.1, 0.15) is 5.82 Å². The summed E-state index contributed by atoms with van der Waals surface area (Å²) >= 11 is 0. The van der Waals surface area contributed by atoms with E-state index in [-0.39, 0.29) is 11.7 Å². The van der Waals surface area contributed by atoms with Crippen LogP contribution >= 0.6 is 0 Å². The summed E-state index contributed by atoms with van der Waals surface area (Å²) in [6, 6.07) is 13.5. The summed E-state index contributed by atoms with van der Waals surface area (Å²) in [5.41, 5.74) is 3.58. The molecule has 1 amide bonds. The van der Waals surface area contributed by atoms with Gasteiger partial charge in [-0.05, 0) is 55.8 Å². The van der Waals surface area contributed by atoms with Gasteiger partial charge in [0.15, 0.2) is 0 Å². The monoisotopic (exact) mass is 294 g/mol. The van der Waals surface area contributed by atoms with Crippen LogP contribution in [0, 0.1) is 19.7 Å². The molecular weight excluding hydrogens is 279 g/mol. The van der Waals surface area contributed by atoms with Crippen molar-refractivity contribution in [2.24, 2.45) is 0 Å². The van der Waals surface area contributed by atoms with Crippen LogP contribution in [0.1, 0.15) is 21.6 Å². The number of aromatic nitrogens is 1. The highest BCUT2D eigenvalue weighted by atomic mass is 19.1. The number of amides is 1. The van der Waals surface area contributed by atoms with E-state index in [9.17, 15) is 9.18 Å². The standard InChI is InChI=1S/C18H15FN2O/c1-11-3-7-15(19)10-17(11)21-18(22)14-6-8-16-13(9-14)5-4-12(2)20-16/h3-10H,1-2H3,(H,21,22). The molecule has 0 radical (unpaired) electrons. The maximum Gasteiger partial charge on any atom is 0.255 e. The van der Waals surface area contributed by atoms with Crippen molar-refractivity contribution in [1.29, 1.82) is 0 Å². The first-order valence-corrected chi connectivity index (χ1v) is 6.98. The zero-order chi connectivity index (χ0) is 15.7. The summed E-state index contributed by atoms with van der Waals surface area (Å²) in [5, 5.41) is 3.64. The Morgan fingerprint density at radius 1 is 1.05 bits per heavy atom. The number of halogens is 1. The lowest BCUT2D eigenvalue weighted by atomic mass is 10.1. The third-order valence-corrected chi connectivity index (χ3v) is 3.54. The van der Waals surface area contributed by atoms with Crippen molar-refractivity contribution in [1.82, 2.24) is 4.98 Å². The molecule has 0 aliphatic rings. The Labute approximate surface area is 127 Å². The smallest absolute Gasteiger partial charge is 0.255 e. The summed E-state index contributed by atoms with van der Waals surface area (Å²) in [4.78, 5) is 16.7. The number of nitrogens with zero attached hydrogens (tertiary/aromatic N) is 1. The second-order valence-corrected chi connectivity index (χ2v) is 5.27. The molecule has 0 unspecified atom stereocenters. The summed E-state index contributed by atoms with van der Waals surface area (Å²) in [6.45, 7) is 3.74. The first kappa shape index (κ1) is 14.2. The molecular formula is C18H15FN2O. The van der Waals surface area contributed by atoms with Gasteiger partial charge in [-0.25, -0.2) is 4.39 Å². The first-order chi connectivity index (χ1) is 10.5. The van der Waals surface area contributed by atoms with Crippen molar-refractivity contribution in [3.05, 3.63) is 71.2 Å². The number of hydrogen-bond donors (Lipinski definition) is 1. The molecule has 110 valence electrons. The number of carbonyl (C=O) groups is 1.